The Bertz CT molecular complexity index is 1170. The van der Waals surface area contributed by atoms with Gasteiger partial charge < -0.3 is 19.2 Å². The van der Waals surface area contributed by atoms with Gasteiger partial charge >= 0.3 is 6.09 Å². The van der Waals surface area contributed by atoms with Gasteiger partial charge in [-0.15, -0.1) is 5.10 Å². The van der Waals surface area contributed by atoms with Gasteiger partial charge in [-0.2, -0.15) is 0 Å². The molecule has 1 saturated carbocycles. The summed E-state index contributed by atoms with van der Waals surface area (Å²) in [5.74, 6) is 0.446. The van der Waals surface area contributed by atoms with Gasteiger partial charge in [-0.05, 0) is 89.8 Å². The number of aryl methyl sites for hydroxylation is 2. The molecule has 4 rings (SSSR count). The van der Waals surface area contributed by atoms with E-state index >= 15 is 0 Å². The molecule has 8 nitrogen and oxygen atoms in total. The first-order chi connectivity index (χ1) is 16.6. The third-order valence-electron chi connectivity index (χ3n) is 6.78. The lowest BCUT2D eigenvalue weighted by Crippen LogP contribution is -2.47. The molecule has 35 heavy (non-hydrogen) atoms. The Morgan fingerprint density at radius 2 is 1.89 bits per heavy atom. The summed E-state index contributed by atoms with van der Waals surface area (Å²) in [6, 6.07) is 5.14. The molecule has 1 aliphatic heterocycles. The number of carbonyl (C=O) groups is 2. The molecular weight excluding hydrogens is 446 g/mol. The summed E-state index contributed by atoms with van der Waals surface area (Å²) >= 11 is 0. The highest BCUT2D eigenvalue weighted by molar-refractivity contribution is 5.85. The van der Waals surface area contributed by atoms with Crippen molar-refractivity contribution in [2.75, 3.05) is 0 Å². The minimum absolute atomic E-state index is 0.0414. The van der Waals surface area contributed by atoms with Crippen molar-refractivity contribution in [1.29, 1.82) is 0 Å². The second-order valence-corrected chi connectivity index (χ2v) is 10.8. The van der Waals surface area contributed by atoms with Crippen molar-refractivity contribution in [2.24, 2.45) is 5.10 Å². The van der Waals surface area contributed by atoms with Crippen molar-refractivity contribution in [3.63, 3.8) is 0 Å². The van der Waals surface area contributed by atoms with E-state index < -0.39 is 23.6 Å². The fourth-order valence-corrected chi connectivity index (χ4v) is 4.94. The van der Waals surface area contributed by atoms with E-state index in [0.29, 0.717) is 12.0 Å². The van der Waals surface area contributed by atoms with Crippen molar-refractivity contribution in [3.05, 3.63) is 34.9 Å². The monoisotopic (exact) mass is 483 g/mol. The van der Waals surface area contributed by atoms with E-state index in [0.717, 1.165) is 42.4 Å². The van der Waals surface area contributed by atoms with Crippen LogP contribution in [0.5, 0.6) is 5.75 Å². The molecule has 190 valence electrons. The number of carbonyl (C=O) groups excluding carboxylic acids is 2. The quantitative estimate of drug-likeness (QED) is 0.596. The Kier molecular flexibility index (Phi) is 7.10. The Morgan fingerprint density at radius 1 is 1.14 bits per heavy atom. The molecule has 0 radical (unpaired) electrons. The van der Waals surface area contributed by atoms with Gasteiger partial charge in [0, 0.05) is 17.5 Å². The average Bonchev–Trinajstić information content (AvgIpc) is 2.79. The first-order valence-electron chi connectivity index (χ1n) is 12.7. The zero-order valence-electron chi connectivity index (χ0n) is 21.5. The third kappa shape index (κ3) is 5.97. The van der Waals surface area contributed by atoms with Crippen molar-refractivity contribution in [1.82, 2.24) is 10.7 Å². The Balaban J connectivity index is 1.52. The molecule has 2 amide bonds. The number of hydrogen-bond donors (Lipinski definition) is 2. The van der Waals surface area contributed by atoms with Gasteiger partial charge in [-0.3, -0.25) is 4.79 Å². The van der Waals surface area contributed by atoms with Gasteiger partial charge in [0.1, 0.15) is 28.6 Å². The molecule has 1 aliphatic carbocycles. The maximum absolute atomic E-state index is 12.6. The van der Waals surface area contributed by atoms with Crippen LogP contribution in [0.25, 0.3) is 11.0 Å². The summed E-state index contributed by atoms with van der Waals surface area (Å²) in [6.07, 6.45) is 7.76. The first-order valence-corrected chi connectivity index (χ1v) is 12.7. The Labute approximate surface area is 206 Å². The van der Waals surface area contributed by atoms with Crippen molar-refractivity contribution in [2.45, 2.75) is 103 Å². The molecule has 1 fully saturated rings. The summed E-state index contributed by atoms with van der Waals surface area (Å²) in [5, 5.41) is 7.76. The fraction of sp³-hybridized carbons (Fsp3) is 0.593. The van der Waals surface area contributed by atoms with E-state index in [1.54, 1.807) is 33.8 Å². The third-order valence-corrected chi connectivity index (χ3v) is 6.78. The van der Waals surface area contributed by atoms with Crippen LogP contribution < -0.4 is 21.0 Å². The lowest BCUT2D eigenvalue weighted by molar-refractivity contribution is -0.123. The molecule has 1 unspecified atom stereocenters. The van der Waals surface area contributed by atoms with Crippen LogP contribution >= 0.6 is 0 Å². The summed E-state index contributed by atoms with van der Waals surface area (Å²) in [4.78, 5) is 24.7. The van der Waals surface area contributed by atoms with Crippen molar-refractivity contribution >= 4 is 23.0 Å². The Morgan fingerprint density at radius 3 is 2.57 bits per heavy atom. The summed E-state index contributed by atoms with van der Waals surface area (Å²) < 4.78 is 17.8. The zero-order chi connectivity index (χ0) is 25.2. The molecule has 1 aromatic carbocycles. The van der Waals surface area contributed by atoms with E-state index in [2.05, 4.69) is 21.9 Å². The summed E-state index contributed by atoms with van der Waals surface area (Å²) in [6.45, 7) is 9.10. The van der Waals surface area contributed by atoms with Crippen LogP contribution in [0.15, 0.2) is 27.7 Å². The largest absolute Gasteiger partial charge is 0.487 e. The van der Waals surface area contributed by atoms with Crippen LogP contribution in [0.1, 0.15) is 83.8 Å². The average molecular weight is 484 g/mol. The van der Waals surface area contributed by atoms with Crippen LogP contribution in [0, 0.1) is 6.92 Å². The van der Waals surface area contributed by atoms with Gasteiger partial charge in [0.15, 0.2) is 0 Å². The predicted molar refractivity (Wildman–Crippen MR) is 133 cm³/mol. The Hall–Kier alpha value is -3.03. The first kappa shape index (κ1) is 25.1. The summed E-state index contributed by atoms with van der Waals surface area (Å²) in [5.41, 5.74) is 4.98. The van der Waals surface area contributed by atoms with Gasteiger partial charge in [0.05, 0.1) is 0 Å². The van der Waals surface area contributed by atoms with Crippen LogP contribution in [-0.4, -0.2) is 29.2 Å². The normalized spacial score (nSPS) is 18.5. The highest BCUT2D eigenvalue weighted by atomic mass is 16.6. The van der Waals surface area contributed by atoms with Crippen LogP contribution in [-0.2, 0) is 16.0 Å². The number of hydrogen-bond acceptors (Lipinski definition) is 6. The molecule has 0 bridgehead atoms. The second kappa shape index (κ2) is 9.91. The number of amides is 2. The smallest absolute Gasteiger partial charge is 0.408 e. The molecule has 2 aliphatic rings. The van der Waals surface area contributed by atoms with Crippen LogP contribution in [0.4, 0.5) is 4.79 Å². The molecule has 8 heteroatoms. The van der Waals surface area contributed by atoms with E-state index in [1.165, 1.54) is 24.8 Å². The number of rotatable bonds is 4. The number of nitrogens with zero attached hydrogens (tertiary/aromatic N) is 1. The SMILES string of the molecule is CCC(NC(=O)OC(C)(C)C)C(=O)N/N=c1/cc(C)c2cc3c(cc2o1)OC1(CCCCC1)CC3. The topological polar surface area (TPSA) is 102 Å². The minimum atomic E-state index is -0.776. The number of ether oxygens (including phenoxy) is 2. The van der Waals surface area contributed by atoms with Gasteiger partial charge in [-0.1, -0.05) is 13.3 Å². The molecule has 2 N–H and O–H groups in total. The second-order valence-electron chi connectivity index (χ2n) is 10.8. The number of fused-ring (bicyclic) bond motifs is 2. The lowest BCUT2D eigenvalue weighted by Gasteiger charge is -2.41. The molecule has 0 saturated heterocycles. The van der Waals surface area contributed by atoms with Crippen molar-refractivity contribution < 1.29 is 23.5 Å². The molecule has 2 heterocycles. The highest BCUT2D eigenvalue weighted by Crippen LogP contribution is 2.43. The number of benzene rings is 1. The van der Waals surface area contributed by atoms with E-state index in [1.807, 2.05) is 13.0 Å². The maximum atomic E-state index is 12.6. The van der Waals surface area contributed by atoms with Gasteiger partial charge in [0.25, 0.3) is 5.91 Å². The van der Waals surface area contributed by atoms with E-state index in [9.17, 15) is 9.59 Å². The predicted octanol–water partition coefficient (Wildman–Crippen LogP) is 5.00. The lowest BCUT2D eigenvalue weighted by atomic mass is 9.79. The fourth-order valence-electron chi connectivity index (χ4n) is 4.94. The standard InChI is InChI=1S/C27H37N3O5/c1-6-20(28-25(32)35-26(3,4)5)24(31)30-29-23-14-17(2)19-15-18-10-13-27(11-8-7-9-12-27)34-21(18)16-22(19)33-23/h14-16,20H,6-13H2,1-5H3,(H,28,32)(H,30,31)/b29-23-. The van der Waals surface area contributed by atoms with Crippen molar-refractivity contribution in [3.8, 4) is 5.75 Å². The summed E-state index contributed by atoms with van der Waals surface area (Å²) in [7, 11) is 0. The molecular formula is C27H37N3O5. The molecule has 1 spiro atoms. The van der Waals surface area contributed by atoms with E-state index in [-0.39, 0.29) is 11.2 Å². The molecule has 1 aromatic heterocycles. The highest BCUT2D eigenvalue weighted by Gasteiger charge is 2.37. The zero-order valence-corrected chi connectivity index (χ0v) is 21.5. The van der Waals surface area contributed by atoms with Gasteiger partial charge in [-0.25, -0.2) is 10.2 Å². The maximum Gasteiger partial charge on any atom is 0.408 e. The van der Waals surface area contributed by atoms with Crippen LogP contribution in [0.2, 0.25) is 0 Å². The molecule has 2 aromatic rings. The minimum Gasteiger partial charge on any atom is -0.487 e. The van der Waals surface area contributed by atoms with E-state index in [4.69, 9.17) is 13.9 Å². The molecule has 1 atom stereocenters. The van der Waals surface area contributed by atoms with Crippen LogP contribution in [0.3, 0.4) is 0 Å². The number of alkyl carbamates (subject to hydrolysis) is 1. The van der Waals surface area contributed by atoms with Gasteiger partial charge in [0.2, 0.25) is 5.55 Å². The number of nitrogens with one attached hydrogen (secondary N) is 2.